The van der Waals surface area contributed by atoms with Gasteiger partial charge >= 0.3 is 0 Å². The van der Waals surface area contributed by atoms with Crippen molar-refractivity contribution in [2.24, 2.45) is 5.92 Å². The van der Waals surface area contributed by atoms with E-state index in [1.54, 1.807) is 31.2 Å². The molecule has 1 aromatic rings. The quantitative estimate of drug-likeness (QED) is 0.735. The van der Waals surface area contributed by atoms with E-state index in [2.05, 4.69) is 5.32 Å². The van der Waals surface area contributed by atoms with Gasteiger partial charge in [-0.1, -0.05) is 26.0 Å². The first kappa shape index (κ1) is 15.5. The molecule has 1 atom stereocenters. The highest BCUT2D eigenvalue weighted by molar-refractivity contribution is 5.78. The minimum atomic E-state index is -0.876. The van der Waals surface area contributed by atoms with E-state index >= 15 is 0 Å². The second kappa shape index (κ2) is 6.57. The first-order chi connectivity index (χ1) is 8.78. The Morgan fingerprint density at radius 1 is 1.32 bits per heavy atom. The van der Waals surface area contributed by atoms with Crippen molar-refractivity contribution in [3.8, 4) is 5.75 Å². The maximum absolute atomic E-state index is 11.7. The second-order valence-corrected chi connectivity index (χ2v) is 5.71. The van der Waals surface area contributed by atoms with Gasteiger partial charge in [-0.2, -0.15) is 0 Å². The van der Waals surface area contributed by atoms with Crippen molar-refractivity contribution in [2.45, 2.75) is 39.2 Å². The van der Waals surface area contributed by atoms with Crippen molar-refractivity contribution in [3.05, 3.63) is 29.8 Å². The van der Waals surface area contributed by atoms with Crippen LogP contribution in [0.3, 0.4) is 0 Å². The van der Waals surface area contributed by atoms with Gasteiger partial charge in [0.2, 0.25) is 5.91 Å². The molecule has 0 saturated carbocycles. The fourth-order valence-corrected chi connectivity index (χ4v) is 2.10. The molecule has 0 aliphatic heterocycles. The van der Waals surface area contributed by atoms with Gasteiger partial charge in [0.25, 0.3) is 0 Å². The molecule has 4 nitrogen and oxygen atoms in total. The highest BCUT2D eigenvalue weighted by Gasteiger charge is 2.22. The molecule has 0 aliphatic rings. The minimum Gasteiger partial charge on any atom is -0.508 e. The fourth-order valence-electron chi connectivity index (χ4n) is 2.10. The van der Waals surface area contributed by atoms with Gasteiger partial charge in [-0.3, -0.25) is 4.79 Å². The molecular formula is C15H23NO3. The van der Waals surface area contributed by atoms with Crippen molar-refractivity contribution in [1.29, 1.82) is 0 Å². The highest BCUT2D eigenvalue weighted by atomic mass is 16.3. The minimum absolute atomic E-state index is 0.130. The van der Waals surface area contributed by atoms with Crippen LogP contribution < -0.4 is 5.32 Å². The Kier molecular flexibility index (Phi) is 5.36. The largest absolute Gasteiger partial charge is 0.508 e. The average molecular weight is 265 g/mol. The van der Waals surface area contributed by atoms with Crippen LogP contribution in [-0.2, 0) is 11.2 Å². The van der Waals surface area contributed by atoms with Gasteiger partial charge in [0.1, 0.15) is 5.75 Å². The van der Waals surface area contributed by atoms with Crippen LogP contribution in [0.2, 0.25) is 0 Å². The lowest BCUT2D eigenvalue weighted by atomic mass is 9.94. The van der Waals surface area contributed by atoms with Gasteiger partial charge < -0.3 is 15.5 Å². The molecular weight excluding hydrogens is 242 g/mol. The second-order valence-electron chi connectivity index (χ2n) is 5.71. The molecule has 0 bridgehead atoms. The fraction of sp³-hybridized carbons (Fsp3) is 0.533. The molecule has 0 spiro atoms. The van der Waals surface area contributed by atoms with Crippen molar-refractivity contribution in [3.63, 3.8) is 0 Å². The molecule has 1 unspecified atom stereocenters. The third-order valence-electron chi connectivity index (χ3n) is 2.82. The zero-order valence-electron chi connectivity index (χ0n) is 11.8. The van der Waals surface area contributed by atoms with Gasteiger partial charge in [0.15, 0.2) is 0 Å². The number of amides is 1. The summed E-state index contributed by atoms with van der Waals surface area (Å²) in [7, 11) is 0. The highest BCUT2D eigenvalue weighted by Crippen LogP contribution is 2.15. The van der Waals surface area contributed by atoms with Crippen LogP contribution in [0, 0.1) is 5.92 Å². The van der Waals surface area contributed by atoms with Gasteiger partial charge in [0.05, 0.1) is 12.0 Å². The third-order valence-corrected chi connectivity index (χ3v) is 2.82. The summed E-state index contributed by atoms with van der Waals surface area (Å²) in [6.45, 7) is 6.05. The van der Waals surface area contributed by atoms with E-state index in [-0.39, 0.29) is 24.6 Å². The standard InChI is InChI=1S/C15H23NO3/c1-11(2)9-15(3,19)10-16-14(18)8-12-4-6-13(17)7-5-12/h4-7,11,17,19H,8-10H2,1-3H3,(H,16,18). The first-order valence-electron chi connectivity index (χ1n) is 6.55. The summed E-state index contributed by atoms with van der Waals surface area (Å²) >= 11 is 0. The molecule has 4 heteroatoms. The summed E-state index contributed by atoms with van der Waals surface area (Å²) in [6.07, 6.45) is 0.893. The molecule has 0 fully saturated rings. The Hall–Kier alpha value is -1.55. The number of hydrogen-bond donors (Lipinski definition) is 3. The first-order valence-corrected chi connectivity index (χ1v) is 6.55. The Morgan fingerprint density at radius 3 is 2.42 bits per heavy atom. The maximum atomic E-state index is 11.7. The molecule has 106 valence electrons. The lowest BCUT2D eigenvalue weighted by molar-refractivity contribution is -0.121. The smallest absolute Gasteiger partial charge is 0.224 e. The van der Waals surface area contributed by atoms with Gasteiger partial charge in [-0.05, 0) is 37.0 Å². The van der Waals surface area contributed by atoms with Crippen LogP contribution >= 0.6 is 0 Å². The van der Waals surface area contributed by atoms with E-state index in [0.717, 1.165) is 5.56 Å². The number of benzene rings is 1. The van der Waals surface area contributed by atoms with E-state index in [4.69, 9.17) is 5.11 Å². The summed E-state index contributed by atoms with van der Waals surface area (Å²) in [5.74, 6) is 0.433. The number of aliphatic hydroxyl groups is 1. The van der Waals surface area contributed by atoms with E-state index in [1.807, 2.05) is 13.8 Å². The number of nitrogens with one attached hydrogen (secondary N) is 1. The average Bonchev–Trinajstić information content (AvgIpc) is 2.28. The number of phenolic OH excluding ortho intramolecular Hbond substituents is 1. The summed E-state index contributed by atoms with van der Waals surface area (Å²) in [5.41, 5.74) is -0.0440. The number of phenols is 1. The van der Waals surface area contributed by atoms with Gasteiger partial charge in [-0.15, -0.1) is 0 Å². The molecule has 0 radical (unpaired) electrons. The van der Waals surface area contributed by atoms with E-state index in [9.17, 15) is 9.90 Å². The summed E-state index contributed by atoms with van der Waals surface area (Å²) in [6, 6.07) is 6.53. The normalized spacial score (nSPS) is 14.2. The van der Waals surface area contributed by atoms with Crippen molar-refractivity contribution in [2.75, 3.05) is 6.54 Å². The van der Waals surface area contributed by atoms with Crippen LogP contribution in [0.4, 0.5) is 0 Å². The molecule has 3 N–H and O–H groups in total. The van der Waals surface area contributed by atoms with Crippen LogP contribution in [-0.4, -0.2) is 28.3 Å². The number of carbonyl (C=O) groups is 1. The maximum Gasteiger partial charge on any atom is 0.224 e. The van der Waals surface area contributed by atoms with Crippen LogP contribution in [0.5, 0.6) is 5.75 Å². The zero-order chi connectivity index (χ0) is 14.5. The number of carbonyl (C=O) groups excluding carboxylic acids is 1. The van der Waals surface area contributed by atoms with Crippen LogP contribution in [0.15, 0.2) is 24.3 Å². The predicted molar refractivity (Wildman–Crippen MR) is 74.9 cm³/mol. The molecule has 1 rings (SSSR count). The SMILES string of the molecule is CC(C)CC(C)(O)CNC(=O)Cc1ccc(O)cc1. The third kappa shape index (κ3) is 6.25. The van der Waals surface area contributed by atoms with Crippen LogP contribution in [0.25, 0.3) is 0 Å². The van der Waals surface area contributed by atoms with Gasteiger partial charge in [-0.25, -0.2) is 0 Å². The van der Waals surface area contributed by atoms with E-state index < -0.39 is 5.60 Å². The number of rotatable bonds is 6. The zero-order valence-corrected chi connectivity index (χ0v) is 11.8. The summed E-state index contributed by atoms with van der Waals surface area (Å²) < 4.78 is 0. The lowest BCUT2D eigenvalue weighted by Gasteiger charge is -2.25. The van der Waals surface area contributed by atoms with Gasteiger partial charge in [0, 0.05) is 6.54 Å². The van der Waals surface area contributed by atoms with Crippen molar-refractivity contribution in [1.82, 2.24) is 5.32 Å². The molecule has 0 aromatic heterocycles. The monoisotopic (exact) mass is 265 g/mol. The van der Waals surface area contributed by atoms with E-state index in [0.29, 0.717) is 12.3 Å². The number of hydrogen-bond acceptors (Lipinski definition) is 3. The van der Waals surface area contributed by atoms with Crippen molar-refractivity contribution >= 4 is 5.91 Å². The van der Waals surface area contributed by atoms with Crippen LogP contribution in [0.1, 0.15) is 32.8 Å². The van der Waals surface area contributed by atoms with Crippen molar-refractivity contribution < 1.29 is 15.0 Å². The molecule has 0 heterocycles. The molecule has 0 aliphatic carbocycles. The lowest BCUT2D eigenvalue weighted by Crippen LogP contribution is -2.42. The Labute approximate surface area is 114 Å². The summed E-state index contributed by atoms with van der Waals surface area (Å²) in [5, 5.41) is 22.0. The molecule has 0 saturated heterocycles. The molecule has 1 aromatic carbocycles. The summed E-state index contributed by atoms with van der Waals surface area (Å²) in [4.78, 5) is 11.7. The number of aromatic hydroxyl groups is 1. The Balaban J connectivity index is 2.41. The van der Waals surface area contributed by atoms with E-state index in [1.165, 1.54) is 0 Å². The molecule has 19 heavy (non-hydrogen) atoms. The predicted octanol–water partition coefficient (Wildman–Crippen LogP) is 1.85. The topological polar surface area (TPSA) is 69.6 Å². The Morgan fingerprint density at radius 2 is 1.89 bits per heavy atom. The Bertz CT molecular complexity index is 410. The molecule has 1 amide bonds.